The standard InChI is InChI=1S/C18H21NO6S3/c1-13-10-15(24-8-9-26-14(2)19)12-16(11-13)25-28(22,23)18-7-5-4-6-17(18)27(3,20)21/h4-7,10-12H,2,8-9,19H2,1,3H3. The van der Waals surface area contributed by atoms with Crippen LogP contribution in [0.3, 0.4) is 0 Å². The molecule has 0 heterocycles. The Morgan fingerprint density at radius 2 is 1.68 bits per heavy atom. The number of sulfone groups is 1. The van der Waals surface area contributed by atoms with Crippen molar-refractivity contribution < 1.29 is 25.8 Å². The third-order valence-electron chi connectivity index (χ3n) is 3.39. The third kappa shape index (κ3) is 6.18. The van der Waals surface area contributed by atoms with Crippen molar-refractivity contribution in [1.29, 1.82) is 0 Å². The monoisotopic (exact) mass is 443 g/mol. The molecule has 0 amide bonds. The van der Waals surface area contributed by atoms with Crippen LogP contribution in [-0.2, 0) is 20.0 Å². The van der Waals surface area contributed by atoms with Gasteiger partial charge in [0.2, 0.25) is 0 Å². The predicted molar refractivity (Wildman–Crippen MR) is 110 cm³/mol. The Balaban J connectivity index is 2.27. The van der Waals surface area contributed by atoms with E-state index in [1.165, 1.54) is 48.2 Å². The van der Waals surface area contributed by atoms with Gasteiger partial charge in [-0.1, -0.05) is 18.7 Å². The highest BCUT2D eigenvalue weighted by atomic mass is 32.2. The van der Waals surface area contributed by atoms with Crippen LogP contribution in [0.15, 0.2) is 63.9 Å². The van der Waals surface area contributed by atoms with Gasteiger partial charge >= 0.3 is 10.1 Å². The second-order valence-electron chi connectivity index (χ2n) is 5.90. The van der Waals surface area contributed by atoms with E-state index >= 15 is 0 Å². The van der Waals surface area contributed by atoms with E-state index in [2.05, 4.69) is 6.58 Å². The van der Waals surface area contributed by atoms with E-state index in [0.29, 0.717) is 23.1 Å². The van der Waals surface area contributed by atoms with Gasteiger partial charge in [-0.25, -0.2) is 8.42 Å². The van der Waals surface area contributed by atoms with Crippen LogP contribution in [-0.4, -0.2) is 35.5 Å². The Kier molecular flexibility index (Phi) is 7.02. The highest BCUT2D eigenvalue weighted by Crippen LogP contribution is 2.28. The van der Waals surface area contributed by atoms with E-state index in [0.717, 1.165) is 11.8 Å². The summed E-state index contributed by atoms with van der Waals surface area (Å²) < 4.78 is 59.9. The lowest BCUT2D eigenvalue weighted by Crippen LogP contribution is -2.14. The normalized spacial score (nSPS) is 11.8. The molecule has 28 heavy (non-hydrogen) atoms. The lowest BCUT2D eigenvalue weighted by atomic mass is 10.2. The minimum absolute atomic E-state index is 0.0224. The number of hydrogen-bond acceptors (Lipinski definition) is 8. The third-order valence-corrected chi connectivity index (χ3v) is 6.72. The summed E-state index contributed by atoms with van der Waals surface area (Å²) in [6.07, 6.45) is 0.938. The summed E-state index contributed by atoms with van der Waals surface area (Å²) in [4.78, 5) is -0.738. The molecule has 0 saturated carbocycles. The summed E-state index contributed by atoms with van der Waals surface area (Å²) in [5, 5.41) is 0.479. The van der Waals surface area contributed by atoms with Crippen molar-refractivity contribution in [2.24, 2.45) is 5.73 Å². The van der Waals surface area contributed by atoms with Crippen molar-refractivity contribution in [3.05, 3.63) is 59.6 Å². The molecule has 10 heteroatoms. The van der Waals surface area contributed by atoms with Crippen LogP contribution in [0.5, 0.6) is 11.5 Å². The fourth-order valence-corrected chi connectivity index (χ4v) is 5.26. The number of aryl methyl sites for hydroxylation is 1. The van der Waals surface area contributed by atoms with Crippen LogP contribution in [0.1, 0.15) is 5.56 Å². The molecule has 0 aliphatic heterocycles. The van der Waals surface area contributed by atoms with Gasteiger partial charge in [-0.3, -0.25) is 0 Å². The first-order valence-electron chi connectivity index (χ1n) is 8.04. The van der Waals surface area contributed by atoms with E-state index in [9.17, 15) is 16.8 Å². The van der Waals surface area contributed by atoms with Crippen LogP contribution in [0, 0.1) is 6.92 Å². The SMILES string of the molecule is C=C(N)SCCOc1cc(C)cc(OS(=O)(=O)c2ccccc2S(C)(=O)=O)c1. The van der Waals surface area contributed by atoms with E-state index in [-0.39, 0.29) is 10.6 Å². The molecule has 0 atom stereocenters. The zero-order valence-electron chi connectivity index (χ0n) is 15.4. The van der Waals surface area contributed by atoms with Crippen molar-refractivity contribution in [2.45, 2.75) is 16.7 Å². The van der Waals surface area contributed by atoms with E-state index < -0.39 is 24.9 Å². The summed E-state index contributed by atoms with van der Waals surface area (Å²) in [5.41, 5.74) is 6.19. The summed E-state index contributed by atoms with van der Waals surface area (Å²) >= 11 is 1.34. The van der Waals surface area contributed by atoms with Crippen molar-refractivity contribution in [3.63, 3.8) is 0 Å². The van der Waals surface area contributed by atoms with Gasteiger partial charge in [0.05, 0.1) is 16.5 Å². The molecule has 152 valence electrons. The molecule has 0 spiro atoms. The summed E-state index contributed by atoms with van der Waals surface area (Å²) in [7, 11) is -8.11. The number of benzene rings is 2. The fourth-order valence-electron chi connectivity index (χ4n) is 2.31. The molecule has 0 aliphatic carbocycles. The highest BCUT2D eigenvalue weighted by molar-refractivity contribution is 8.03. The summed E-state index contributed by atoms with van der Waals surface area (Å²) in [6, 6.07) is 9.96. The van der Waals surface area contributed by atoms with Crippen molar-refractivity contribution >= 4 is 31.7 Å². The summed E-state index contributed by atoms with van der Waals surface area (Å²) in [6.45, 7) is 5.67. The van der Waals surface area contributed by atoms with Crippen molar-refractivity contribution in [1.82, 2.24) is 0 Å². The molecule has 7 nitrogen and oxygen atoms in total. The minimum atomic E-state index is -4.36. The Hall–Kier alpha value is -2.17. The Morgan fingerprint density at radius 3 is 2.29 bits per heavy atom. The maximum atomic E-state index is 12.7. The first-order valence-corrected chi connectivity index (χ1v) is 12.3. The molecule has 0 aliphatic rings. The average Bonchev–Trinajstić information content (AvgIpc) is 2.57. The molecule has 0 unspecified atom stereocenters. The first-order chi connectivity index (χ1) is 13.0. The van der Waals surface area contributed by atoms with Crippen molar-refractivity contribution in [2.75, 3.05) is 18.6 Å². The van der Waals surface area contributed by atoms with Crippen molar-refractivity contribution in [3.8, 4) is 11.5 Å². The van der Waals surface area contributed by atoms with Gasteiger partial charge in [0.1, 0.15) is 16.4 Å². The zero-order valence-corrected chi connectivity index (χ0v) is 17.9. The number of thioether (sulfide) groups is 1. The summed E-state index contributed by atoms with van der Waals surface area (Å²) in [5.74, 6) is 1.03. The Labute approximate surface area is 169 Å². The van der Waals surface area contributed by atoms with Gasteiger partial charge < -0.3 is 14.7 Å². The molecule has 2 rings (SSSR count). The Bertz CT molecular complexity index is 1080. The van der Waals surface area contributed by atoms with Gasteiger partial charge in [-0.05, 0) is 36.8 Å². The smallest absolute Gasteiger partial charge is 0.340 e. The molecule has 2 aromatic carbocycles. The molecule has 0 saturated heterocycles. The van der Waals surface area contributed by atoms with Crippen LogP contribution in [0.4, 0.5) is 0 Å². The fraction of sp³-hybridized carbons (Fsp3) is 0.222. The average molecular weight is 444 g/mol. The second kappa shape index (κ2) is 8.89. The Morgan fingerprint density at radius 1 is 1.07 bits per heavy atom. The van der Waals surface area contributed by atoms with E-state index in [1.54, 1.807) is 13.0 Å². The van der Waals surface area contributed by atoms with Gasteiger partial charge in [-0.15, -0.1) is 11.8 Å². The number of nitrogens with two attached hydrogens (primary N) is 1. The second-order valence-corrected chi connectivity index (χ2v) is 10.6. The number of ether oxygens (including phenoxy) is 1. The van der Waals surface area contributed by atoms with Gasteiger partial charge in [0.15, 0.2) is 9.84 Å². The van der Waals surface area contributed by atoms with E-state index in [4.69, 9.17) is 14.7 Å². The number of hydrogen-bond donors (Lipinski definition) is 1. The predicted octanol–water partition coefficient (Wildman–Crippen LogP) is 2.71. The van der Waals surface area contributed by atoms with Gasteiger partial charge in [0, 0.05) is 18.1 Å². The lowest BCUT2D eigenvalue weighted by molar-refractivity contribution is 0.342. The van der Waals surface area contributed by atoms with Crippen LogP contribution in [0.25, 0.3) is 0 Å². The first kappa shape index (κ1) is 22.1. The largest absolute Gasteiger partial charge is 0.493 e. The lowest BCUT2D eigenvalue weighted by Gasteiger charge is -2.12. The van der Waals surface area contributed by atoms with Crippen LogP contribution in [0.2, 0.25) is 0 Å². The molecule has 0 bridgehead atoms. The molecular weight excluding hydrogens is 422 g/mol. The maximum Gasteiger partial charge on any atom is 0.340 e. The van der Waals surface area contributed by atoms with Gasteiger partial charge in [-0.2, -0.15) is 8.42 Å². The molecule has 2 N–H and O–H groups in total. The van der Waals surface area contributed by atoms with Crippen LogP contribution < -0.4 is 14.7 Å². The van der Waals surface area contributed by atoms with Crippen LogP contribution >= 0.6 is 11.8 Å². The molecular formula is C18H21NO6S3. The number of rotatable bonds is 9. The highest BCUT2D eigenvalue weighted by Gasteiger charge is 2.25. The zero-order chi connectivity index (χ0) is 20.9. The molecule has 0 fully saturated rings. The maximum absolute atomic E-state index is 12.7. The quantitative estimate of drug-likeness (QED) is 0.465. The molecule has 2 aromatic rings. The van der Waals surface area contributed by atoms with Gasteiger partial charge in [0.25, 0.3) is 0 Å². The minimum Gasteiger partial charge on any atom is -0.493 e. The topological polar surface area (TPSA) is 113 Å². The molecule has 0 radical (unpaired) electrons. The van der Waals surface area contributed by atoms with E-state index in [1.807, 2.05) is 0 Å². The molecule has 0 aromatic heterocycles.